The Morgan fingerprint density at radius 1 is 1.05 bits per heavy atom. The fourth-order valence-electron chi connectivity index (χ4n) is 3.61. The van der Waals surface area contributed by atoms with Crippen molar-refractivity contribution in [3.8, 4) is 11.5 Å². The summed E-state index contributed by atoms with van der Waals surface area (Å²) in [5.74, 6) is -4.65. The highest BCUT2D eigenvalue weighted by Gasteiger charge is 2.34. The van der Waals surface area contributed by atoms with Gasteiger partial charge in [0.05, 0.1) is 5.92 Å². The molecule has 1 aromatic carbocycles. The maximum Gasteiger partial charge on any atom is 0.310 e. The number of aromatic hydroxyl groups is 2. The molecule has 0 spiro atoms. The van der Waals surface area contributed by atoms with Crippen LogP contribution >= 0.6 is 0 Å². The fraction of sp³-hybridized carbons (Fsp3) is 0.500. The number of hydrogen-bond donors (Lipinski definition) is 6. The summed E-state index contributed by atoms with van der Waals surface area (Å²) in [6, 6.07) is 0.677. The first-order chi connectivity index (χ1) is 17.8. The summed E-state index contributed by atoms with van der Waals surface area (Å²) in [5, 5.41) is 29.4. The minimum absolute atomic E-state index is 0.00265. The number of ether oxygens (including phenoxy) is 1. The van der Waals surface area contributed by atoms with Crippen LogP contribution in [0.5, 0.6) is 11.5 Å². The predicted octanol–water partition coefficient (Wildman–Crippen LogP) is 0.329. The predicted molar refractivity (Wildman–Crippen MR) is 137 cm³/mol. The van der Waals surface area contributed by atoms with Gasteiger partial charge >= 0.3 is 5.97 Å². The van der Waals surface area contributed by atoms with Crippen LogP contribution in [-0.2, 0) is 28.7 Å². The van der Waals surface area contributed by atoms with E-state index in [1.54, 1.807) is 0 Å². The largest absolute Gasteiger partial charge is 0.504 e. The molecule has 1 aromatic rings. The third kappa shape index (κ3) is 8.79. The van der Waals surface area contributed by atoms with Gasteiger partial charge in [0.1, 0.15) is 24.2 Å². The Balaban J connectivity index is 2.32. The second-order valence-corrected chi connectivity index (χ2v) is 9.78. The number of carbonyl (C=O) groups is 5. The van der Waals surface area contributed by atoms with Crippen molar-refractivity contribution in [1.29, 1.82) is 0 Å². The van der Waals surface area contributed by atoms with Crippen LogP contribution in [0.25, 0.3) is 6.08 Å². The minimum Gasteiger partial charge on any atom is -0.504 e. The van der Waals surface area contributed by atoms with Crippen molar-refractivity contribution in [3.63, 3.8) is 0 Å². The zero-order valence-electron chi connectivity index (χ0n) is 22.1. The lowest BCUT2D eigenvalue weighted by Gasteiger charge is -2.29. The highest BCUT2D eigenvalue weighted by atomic mass is 16.5. The SMILES string of the molecule is CC(C)C[C@@H]1NC(=O)[C@@H](NC(=O)/C=C/c2ccc(O)c(O)c2)[C@@H](C)OC(=O)[C@@H](C)CNC(=O)[C@@H](C)NC1=O. The molecule has 1 aliphatic rings. The molecule has 0 radical (unpaired) electrons. The molecule has 38 heavy (non-hydrogen) atoms. The Hall–Kier alpha value is -4.09. The minimum atomic E-state index is -1.35. The lowest BCUT2D eigenvalue weighted by molar-refractivity contribution is -0.156. The number of esters is 1. The van der Waals surface area contributed by atoms with E-state index in [1.807, 2.05) is 13.8 Å². The molecule has 0 aromatic heterocycles. The molecule has 6 N–H and O–H groups in total. The van der Waals surface area contributed by atoms with E-state index in [-0.39, 0.29) is 30.4 Å². The number of cyclic esters (lactones) is 1. The van der Waals surface area contributed by atoms with Crippen LogP contribution in [0, 0.1) is 11.8 Å². The van der Waals surface area contributed by atoms with Crippen molar-refractivity contribution in [2.75, 3.05) is 6.54 Å². The van der Waals surface area contributed by atoms with Gasteiger partial charge in [-0.25, -0.2) is 0 Å². The first-order valence-electron chi connectivity index (χ1n) is 12.4. The van der Waals surface area contributed by atoms with Gasteiger partial charge in [-0.2, -0.15) is 0 Å². The van der Waals surface area contributed by atoms with E-state index in [9.17, 15) is 34.2 Å². The molecular formula is C26H36N4O8. The molecule has 2 rings (SSSR count). The van der Waals surface area contributed by atoms with E-state index >= 15 is 0 Å². The Labute approximate surface area is 221 Å². The number of nitrogens with one attached hydrogen (secondary N) is 4. The summed E-state index contributed by atoms with van der Waals surface area (Å²) in [4.78, 5) is 63.9. The molecule has 5 atom stereocenters. The molecule has 208 valence electrons. The molecule has 1 saturated heterocycles. The molecule has 0 bridgehead atoms. The van der Waals surface area contributed by atoms with Gasteiger partial charge in [0.2, 0.25) is 23.6 Å². The highest BCUT2D eigenvalue weighted by Crippen LogP contribution is 2.25. The molecule has 1 heterocycles. The van der Waals surface area contributed by atoms with E-state index in [0.717, 1.165) is 6.08 Å². The van der Waals surface area contributed by atoms with E-state index in [1.165, 1.54) is 45.0 Å². The average molecular weight is 533 g/mol. The van der Waals surface area contributed by atoms with Crippen molar-refractivity contribution in [2.24, 2.45) is 11.8 Å². The highest BCUT2D eigenvalue weighted by molar-refractivity contribution is 5.97. The Morgan fingerprint density at radius 2 is 1.74 bits per heavy atom. The van der Waals surface area contributed by atoms with E-state index in [2.05, 4.69) is 21.3 Å². The van der Waals surface area contributed by atoms with Crippen molar-refractivity contribution < 1.29 is 38.9 Å². The molecule has 0 unspecified atom stereocenters. The van der Waals surface area contributed by atoms with Crippen molar-refractivity contribution in [1.82, 2.24) is 21.3 Å². The number of phenols is 2. The summed E-state index contributed by atoms with van der Waals surface area (Å²) >= 11 is 0. The van der Waals surface area contributed by atoms with Crippen LogP contribution in [0.3, 0.4) is 0 Å². The Bertz CT molecular complexity index is 1090. The van der Waals surface area contributed by atoms with Gasteiger partial charge in [-0.05, 0) is 50.0 Å². The smallest absolute Gasteiger partial charge is 0.310 e. The van der Waals surface area contributed by atoms with Crippen LogP contribution in [0.1, 0.15) is 46.6 Å². The molecule has 12 nitrogen and oxygen atoms in total. The molecule has 1 aliphatic heterocycles. The molecule has 0 aliphatic carbocycles. The van der Waals surface area contributed by atoms with Gasteiger partial charge in [0.25, 0.3) is 0 Å². The van der Waals surface area contributed by atoms with Crippen molar-refractivity contribution >= 4 is 35.7 Å². The standard InChI is InChI=1S/C26H36N4O8/c1-13(2)10-18-24(35)28-15(4)23(34)27-12-14(3)26(37)38-16(5)22(25(36)29-18)30-21(33)9-7-17-6-8-19(31)20(32)11-17/h6-9,11,13-16,18,22,31-32H,10,12H2,1-5H3,(H,27,34)(H,28,35)(H,29,36)(H,30,33)/b9-7+/t14-,15+,16+,18-,22-/m0/s1. The van der Waals surface area contributed by atoms with Gasteiger partial charge in [-0.1, -0.05) is 26.8 Å². The first kappa shape index (κ1) is 30.1. The molecule has 4 amide bonds. The third-order valence-corrected chi connectivity index (χ3v) is 5.86. The second kappa shape index (κ2) is 13.5. The summed E-state index contributed by atoms with van der Waals surface area (Å²) < 4.78 is 5.44. The quantitative estimate of drug-likeness (QED) is 0.178. The first-order valence-corrected chi connectivity index (χ1v) is 12.4. The van der Waals surface area contributed by atoms with E-state index in [0.29, 0.717) is 5.56 Å². The Morgan fingerprint density at radius 3 is 2.37 bits per heavy atom. The summed E-state index contributed by atoms with van der Waals surface area (Å²) in [6.45, 7) is 8.12. The van der Waals surface area contributed by atoms with Crippen molar-refractivity contribution in [3.05, 3.63) is 29.8 Å². The maximum atomic E-state index is 13.3. The van der Waals surface area contributed by atoms with Crippen LogP contribution in [0.2, 0.25) is 0 Å². The van der Waals surface area contributed by atoms with Crippen LogP contribution in [-0.4, -0.2) is 70.6 Å². The maximum absolute atomic E-state index is 13.3. The van der Waals surface area contributed by atoms with E-state index in [4.69, 9.17) is 4.74 Å². The van der Waals surface area contributed by atoms with Crippen LogP contribution in [0.15, 0.2) is 24.3 Å². The summed E-state index contributed by atoms with van der Waals surface area (Å²) in [5.41, 5.74) is 0.407. The van der Waals surface area contributed by atoms with Gasteiger partial charge in [0, 0.05) is 12.6 Å². The zero-order valence-corrected chi connectivity index (χ0v) is 22.1. The number of carbonyl (C=O) groups excluding carboxylic acids is 5. The lowest BCUT2D eigenvalue weighted by Crippen LogP contribution is -2.59. The van der Waals surface area contributed by atoms with Crippen molar-refractivity contribution in [2.45, 2.75) is 65.3 Å². The lowest BCUT2D eigenvalue weighted by atomic mass is 10.0. The summed E-state index contributed by atoms with van der Waals surface area (Å²) in [7, 11) is 0. The van der Waals surface area contributed by atoms with Gasteiger partial charge < -0.3 is 36.2 Å². The topological polar surface area (TPSA) is 183 Å². The van der Waals surface area contributed by atoms with E-state index < -0.39 is 59.7 Å². The number of benzene rings is 1. The second-order valence-electron chi connectivity index (χ2n) is 9.78. The fourth-order valence-corrected chi connectivity index (χ4v) is 3.61. The van der Waals surface area contributed by atoms with Gasteiger partial charge in [0.15, 0.2) is 11.5 Å². The number of rotatable bonds is 5. The molecular weight excluding hydrogens is 496 g/mol. The normalized spacial score (nSPS) is 25.7. The molecule has 12 heteroatoms. The van der Waals surface area contributed by atoms with Gasteiger partial charge in [-0.3, -0.25) is 24.0 Å². The Kier molecular flexibility index (Phi) is 10.7. The van der Waals surface area contributed by atoms with Gasteiger partial charge in [-0.15, -0.1) is 0 Å². The molecule has 0 saturated carbocycles. The van der Waals surface area contributed by atoms with Crippen LogP contribution < -0.4 is 21.3 Å². The number of amides is 4. The molecule has 1 fully saturated rings. The average Bonchev–Trinajstić information content (AvgIpc) is 2.84. The van der Waals surface area contributed by atoms with Crippen LogP contribution in [0.4, 0.5) is 0 Å². The number of phenolic OH excluding ortho intramolecular Hbond substituents is 2. The monoisotopic (exact) mass is 532 g/mol. The number of hydrogen-bond acceptors (Lipinski definition) is 8. The summed E-state index contributed by atoms with van der Waals surface area (Å²) in [6.07, 6.45) is 1.59. The third-order valence-electron chi connectivity index (χ3n) is 5.86. The zero-order chi connectivity index (χ0) is 28.6.